The number of hydrogen-bond acceptors (Lipinski definition) is 14. The lowest BCUT2D eigenvalue weighted by Crippen LogP contribution is -2.67. The molecule has 3 aromatic rings. The smallest absolute Gasteiger partial charge is 0.247 e. The molecule has 252 valence electrons. The fraction of sp³-hybridized carbons (Fsp3) is 0.438. The summed E-state index contributed by atoms with van der Waals surface area (Å²) in [5.74, 6) is -0.307. The molecule has 14 nitrogen and oxygen atoms in total. The Bertz CT molecular complexity index is 1660. The molecule has 0 bridgehead atoms. The summed E-state index contributed by atoms with van der Waals surface area (Å²) in [4.78, 5) is 17.1. The molecule has 0 spiro atoms. The second-order valence-electron chi connectivity index (χ2n) is 11.7. The molecule has 3 fully saturated rings. The third-order valence-corrected chi connectivity index (χ3v) is 9.29. The third-order valence-electron chi connectivity index (χ3n) is 8.50. The number of ether oxygens (including phenoxy) is 5. The molecule has 3 heterocycles. The van der Waals surface area contributed by atoms with Gasteiger partial charge in [0.2, 0.25) is 12.2 Å². The van der Waals surface area contributed by atoms with Gasteiger partial charge >= 0.3 is 0 Å². The average Bonchev–Trinajstić information content (AvgIpc) is 3.80. The van der Waals surface area contributed by atoms with Gasteiger partial charge in [0.25, 0.3) is 0 Å². The molecule has 1 aromatic heterocycles. The van der Waals surface area contributed by atoms with Crippen molar-refractivity contribution in [3.05, 3.63) is 64.7 Å². The number of amides is 1. The Morgan fingerprint density at radius 2 is 1.77 bits per heavy atom. The number of aliphatic hydroxyl groups is 5. The van der Waals surface area contributed by atoms with E-state index >= 15 is 0 Å². The molecule has 2 saturated heterocycles. The van der Waals surface area contributed by atoms with E-state index in [1.165, 1.54) is 36.5 Å². The van der Waals surface area contributed by atoms with Crippen LogP contribution >= 0.6 is 11.3 Å². The van der Waals surface area contributed by atoms with Gasteiger partial charge in [-0.3, -0.25) is 4.79 Å². The standard InChI is InChI=1S/C32H36N2O12S/c1-14(7-8-42-17-4-5-18-21(11-17)47-12-33-18)28-26(39)27(40)32(46-28)45-20-6-3-16(10-19(20)35)9-15(2)31(41)34-22-23(36)25(38)30-29(24(22)37)43-13-44-30/h3-7,9-12,22-30,32,35-40H,8,13H2,1-2H3,(H,34,41)/t22-,23+,24-,25-,26+,27+,28-,29+,30-,32-/m1/s1. The number of carbonyl (C=O) groups is 1. The van der Waals surface area contributed by atoms with E-state index < -0.39 is 67.1 Å². The van der Waals surface area contributed by atoms with Crippen molar-refractivity contribution < 1.29 is 59.1 Å². The molecular weight excluding hydrogens is 636 g/mol. The number of aliphatic hydroxyl groups excluding tert-OH is 5. The second kappa shape index (κ2) is 13.8. The molecule has 1 aliphatic carbocycles. The summed E-state index contributed by atoms with van der Waals surface area (Å²) in [6.45, 7) is 3.29. The Kier molecular flexibility index (Phi) is 9.80. The molecule has 6 rings (SSSR count). The molecule has 1 saturated carbocycles. The van der Waals surface area contributed by atoms with Crippen molar-refractivity contribution in [1.82, 2.24) is 10.3 Å². The fourth-order valence-corrected chi connectivity index (χ4v) is 6.52. The number of rotatable bonds is 9. The molecule has 0 radical (unpaired) electrons. The van der Waals surface area contributed by atoms with E-state index in [1.807, 2.05) is 18.2 Å². The highest BCUT2D eigenvalue weighted by atomic mass is 32.1. The number of thiazole rings is 1. The van der Waals surface area contributed by atoms with E-state index in [1.54, 1.807) is 24.6 Å². The fourth-order valence-electron chi connectivity index (χ4n) is 5.82. The zero-order valence-electron chi connectivity index (χ0n) is 25.4. The van der Waals surface area contributed by atoms with Crippen LogP contribution in [-0.4, -0.2) is 116 Å². The van der Waals surface area contributed by atoms with Crippen molar-refractivity contribution in [1.29, 1.82) is 0 Å². The molecule has 0 unspecified atom stereocenters. The van der Waals surface area contributed by atoms with Crippen LogP contribution in [0.2, 0.25) is 0 Å². The van der Waals surface area contributed by atoms with Crippen molar-refractivity contribution in [2.75, 3.05) is 13.4 Å². The molecular formula is C32H36N2O12S. The number of hydrogen-bond donors (Lipinski definition) is 7. The van der Waals surface area contributed by atoms with Crippen molar-refractivity contribution in [2.45, 2.75) is 75.0 Å². The van der Waals surface area contributed by atoms with Gasteiger partial charge in [0, 0.05) is 5.57 Å². The zero-order valence-corrected chi connectivity index (χ0v) is 26.2. The van der Waals surface area contributed by atoms with Crippen LogP contribution in [0.1, 0.15) is 19.4 Å². The summed E-state index contributed by atoms with van der Waals surface area (Å²) >= 11 is 1.51. The molecule has 47 heavy (non-hydrogen) atoms. The molecule has 1 amide bonds. The number of aromatic hydroxyl groups is 1. The maximum atomic E-state index is 12.9. The summed E-state index contributed by atoms with van der Waals surface area (Å²) < 4.78 is 28.8. The Labute approximate surface area is 273 Å². The number of phenols is 1. The van der Waals surface area contributed by atoms with Crippen molar-refractivity contribution in [2.24, 2.45) is 0 Å². The minimum atomic E-state index is -1.49. The number of benzene rings is 2. The van der Waals surface area contributed by atoms with Gasteiger partial charge in [-0.1, -0.05) is 6.07 Å². The number of carbonyl (C=O) groups excluding carboxylic acids is 1. The summed E-state index contributed by atoms with van der Waals surface area (Å²) in [5.41, 5.74) is 3.86. The zero-order chi connectivity index (χ0) is 33.4. The first-order valence-electron chi connectivity index (χ1n) is 14.9. The lowest BCUT2D eigenvalue weighted by atomic mass is 9.83. The van der Waals surface area contributed by atoms with Crippen molar-refractivity contribution in [3.63, 3.8) is 0 Å². The minimum Gasteiger partial charge on any atom is -0.504 e. The van der Waals surface area contributed by atoms with E-state index in [4.69, 9.17) is 23.7 Å². The molecule has 10 atom stereocenters. The van der Waals surface area contributed by atoms with Crippen LogP contribution in [0.25, 0.3) is 16.3 Å². The molecule has 3 aliphatic rings. The minimum absolute atomic E-state index is 0.0274. The van der Waals surface area contributed by atoms with E-state index in [2.05, 4.69) is 10.3 Å². The predicted octanol–water partition coefficient (Wildman–Crippen LogP) is 0.579. The van der Waals surface area contributed by atoms with E-state index in [9.17, 15) is 35.4 Å². The van der Waals surface area contributed by atoms with Crippen LogP contribution < -0.4 is 14.8 Å². The number of nitrogens with zero attached hydrogens (tertiary/aromatic N) is 1. The number of fused-ring (bicyclic) bond motifs is 2. The monoisotopic (exact) mass is 672 g/mol. The lowest BCUT2D eigenvalue weighted by molar-refractivity contribution is -0.155. The van der Waals surface area contributed by atoms with Crippen molar-refractivity contribution >= 4 is 33.5 Å². The second-order valence-corrected chi connectivity index (χ2v) is 12.6. The summed E-state index contributed by atoms with van der Waals surface area (Å²) in [6, 6.07) is 8.67. The average molecular weight is 673 g/mol. The van der Waals surface area contributed by atoms with Gasteiger partial charge < -0.3 is 59.6 Å². The number of nitrogens with one attached hydrogen (secondary N) is 1. The van der Waals surface area contributed by atoms with Crippen LogP contribution in [0.5, 0.6) is 17.2 Å². The van der Waals surface area contributed by atoms with Crippen molar-refractivity contribution in [3.8, 4) is 17.2 Å². The van der Waals surface area contributed by atoms with Gasteiger partial charge in [-0.25, -0.2) is 4.98 Å². The summed E-state index contributed by atoms with van der Waals surface area (Å²) in [6.07, 6.45) is -7.67. The molecule has 2 aliphatic heterocycles. The lowest BCUT2D eigenvalue weighted by Gasteiger charge is -2.41. The Morgan fingerprint density at radius 1 is 1.00 bits per heavy atom. The highest BCUT2D eigenvalue weighted by molar-refractivity contribution is 7.16. The third kappa shape index (κ3) is 6.85. The van der Waals surface area contributed by atoms with Gasteiger partial charge in [-0.15, -0.1) is 11.3 Å². The predicted molar refractivity (Wildman–Crippen MR) is 166 cm³/mol. The SMILES string of the molecule is CC(=Cc1ccc(O[C@@H]2O[C@H](C(C)=CCOc3ccc4ncsc4c3)[C@@H](O)[C@@H]2O)c(O)c1)C(=O)N[C@@H]1[C@H](O)[C@@H](O)[C@H]2OCO[C@H]2[C@@H]1O. The maximum Gasteiger partial charge on any atom is 0.247 e. The Hall–Kier alpha value is -3.64. The summed E-state index contributed by atoms with van der Waals surface area (Å²) in [5, 5.41) is 65.9. The van der Waals surface area contributed by atoms with Gasteiger partial charge in [-0.2, -0.15) is 0 Å². The summed E-state index contributed by atoms with van der Waals surface area (Å²) in [7, 11) is 0. The van der Waals surface area contributed by atoms with Gasteiger partial charge in [-0.05, 0) is 67.5 Å². The van der Waals surface area contributed by atoms with Crippen LogP contribution in [-0.2, 0) is 19.0 Å². The molecule has 7 N–H and O–H groups in total. The largest absolute Gasteiger partial charge is 0.504 e. The first-order chi connectivity index (χ1) is 22.5. The number of phenolic OH excluding ortho intramolecular Hbond substituents is 1. The van der Waals surface area contributed by atoms with E-state index in [0.29, 0.717) is 16.9 Å². The molecule has 15 heteroatoms. The molecule has 2 aromatic carbocycles. The van der Waals surface area contributed by atoms with Crippen LogP contribution in [0.3, 0.4) is 0 Å². The van der Waals surface area contributed by atoms with Crippen LogP contribution in [0.15, 0.2) is 59.1 Å². The van der Waals surface area contributed by atoms with E-state index in [-0.39, 0.29) is 30.5 Å². The van der Waals surface area contributed by atoms with Gasteiger partial charge in [0.05, 0.1) is 21.8 Å². The highest BCUT2D eigenvalue weighted by Gasteiger charge is 2.53. The first kappa shape index (κ1) is 33.3. The Morgan fingerprint density at radius 3 is 2.53 bits per heavy atom. The van der Waals surface area contributed by atoms with E-state index in [0.717, 1.165) is 10.2 Å². The Balaban J connectivity index is 1.05. The topological polar surface area (TPSA) is 210 Å². The highest BCUT2D eigenvalue weighted by Crippen LogP contribution is 2.34. The van der Waals surface area contributed by atoms with Crippen LogP contribution in [0, 0.1) is 0 Å². The van der Waals surface area contributed by atoms with Gasteiger partial charge in [0.15, 0.2) is 11.5 Å². The quantitative estimate of drug-likeness (QED) is 0.123. The first-order valence-corrected chi connectivity index (χ1v) is 15.8. The van der Waals surface area contributed by atoms with Crippen LogP contribution in [0.4, 0.5) is 0 Å². The van der Waals surface area contributed by atoms with Gasteiger partial charge in [0.1, 0.15) is 68.0 Å². The number of aromatic nitrogens is 1. The normalized spacial score (nSPS) is 32.7. The maximum absolute atomic E-state index is 12.9.